The number of benzene rings is 2. The van der Waals surface area contributed by atoms with Crippen LogP contribution in [0.25, 0.3) is 0 Å². The maximum absolute atomic E-state index is 12.2. The van der Waals surface area contributed by atoms with E-state index < -0.39 is 5.91 Å². The summed E-state index contributed by atoms with van der Waals surface area (Å²) in [6, 6.07) is 14.4. The fraction of sp³-hybridized carbons (Fsp3) is 0.308. The molecule has 35 heavy (non-hydrogen) atoms. The third-order valence-corrected chi connectivity index (χ3v) is 5.54. The van der Waals surface area contributed by atoms with Gasteiger partial charge in [0, 0.05) is 35.2 Å². The van der Waals surface area contributed by atoms with Crippen LogP contribution in [0.5, 0.6) is 0 Å². The molecule has 9 nitrogen and oxygen atoms in total. The van der Waals surface area contributed by atoms with Crippen molar-refractivity contribution in [2.45, 2.75) is 39.2 Å². The van der Waals surface area contributed by atoms with Crippen LogP contribution >= 0.6 is 0 Å². The zero-order valence-electron chi connectivity index (χ0n) is 20.4. The zero-order chi connectivity index (χ0) is 25.2. The first-order valence-electron chi connectivity index (χ1n) is 11.7. The Morgan fingerprint density at radius 3 is 2.51 bits per heavy atom. The topological polar surface area (TPSA) is 134 Å². The Bertz CT molecular complexity index is 1150. The second kappa shape index (κ2) is 12.5. The predicted octanol–water partition coefficient (Wildman–Crippen LogP) is 3.47. The zero-order valence-corrected chi connectivity index (χ0v) is 20.4. The number of nitrogens with zero attached hydrogens (tertiary/aromatic N) is 2. The molecule has 9 heteroatoms. The van der Waals surface area contributed by atoms with Gasteiger partial charge in [0.2, 0.25) is 17.8 Å². The van der Waals surface area contributed by atoms with Crippen LogP contribution in [0.2, 0.25) is 0 Å². The molecule has 0 radical (unpaired) electrons. The summed E-state index contributed by atoms with van der Waals surface area (Å²) >= 11 is 0. The molecular formula is C26H33N7O2. The average molecular weight is 476 g/mol. The molecule has 184 valence electrons. The van der Waals surface area contributed by atoms with Gasteiger partial charge in [-0.3, -0.25) is 9.59 Å². The Morgan fingerprint density at radius 1 is 1.06 bits per heavy atom. The van der Waals surface area contributed by atoms with Crippen molar-refractivity contribution in [1.82, 2.24) is 15.3 Å². The van der Waals surface area contributed by atoms with E-state index in [0.717, 1.165) is 54.1 Å². The highest BCUT2D eigenvalue weighted by Gasteiger charge is 2.11. The number of hydrogen-bond acceptors (Lipinski definition) is 7. The van der Waals surface area contributed by atoms with Crippen LogP contribution in [0.1, 0.15) is 41.8 Å². The molecule has 0 unspecified atom stereocenters. The summed E-state index contributed by atoms with van der Waals surface area (Å²) in [5, 5.41) is 12.4. The van der Waals surface area contributed by atoms with Crippen LogP contribution in [-0.2, 0) is 17.6 Å². The first kappa shape index (κ1) is 25.6. The number of carbonyl (C=O) groups is 2. The van der Waals surface area contributed by atoms with E-state index in [0.29, 0.717) is 11.5 Å². The highest BCUT2D eigenvalue weighted by Crippen LogP contribution is 2.21. The van der Waals surface area contributed by atoms with Crippen molar-refractivity contribution in [1.29, 1.82) is 0 Å². The number of carbonyl (C=O) groups excluding carboxylic acids is 2. The number of aryl methyl sites for hydroxylation is 2. The predicted molar refractivity (Wildman–Crippen MR) is 140 cm³/mol. The van der Waals surface area contributed by atoms with E-state index in [9.17, 15) is 9.59 Å². The van der Waals surface area contributed by atoms with E-state index in [4.69, 9.17) is 5.73 Å². The quantitative estimate of drug-likeness (QED) is 0.271. The minimum Gasteiger partial charge on any atom is -0.370 e. The molecule has 2 aromatic carbocycles. The van der Waals surface area contributed by atoms with Crippen LogP contribution in [0, 0.1) is 0 Å². The van der Waals surface area contributed by atoms with Gasteiger partial charge in [-0.1, -0.05) is 19.1 Å². The van der Waals surface area contributed by atoms with Gasteiger partial charge in [0.15, 0.2) is 0 Å². The van der Waals surface area contributed by atoms with Crippen LogP contribution in [0.4, 0.5) is 23.1 Å². The number of primary amides is 1. The van der Waals surface area contributed by atoms with Gasteiger partial charge in [-0.05, 0) is 75.2 Å². The lowest BCUT2D eigenvalue weighted by molar-refractivity contribution is -0.117. The van der Waals surface area contributed by atoms with Crippen LogP contribution in [-0.4, -0.2) is 41.4 Å². The lowest BCUT2D eigenvalue weighted by Gasteiger charge is -2.14. The SMILES string of the molecule is CCCNc1nc(Nc2ccc(C(N)=O)cc2)ncc1CCc1cccc(NC(=O)[C@H](C)NC)c1. The van der Waals surface area contributed by atoms with Crippen molar-refractivity contribution >= 4 is 35.0 Å². The monoisotopic (exact) mass is 475 g/mol. The van der Waals surface area contributed by atoms with Crippen molar-refractivity contribution in [2.24, 2.45) is 5.73 Å². The molecule has 2 amide bonds. The highest BCUT2D eigenvalue weighted by atomic mass is 16.2. The van der Waals surface area contributed by atoms with Gasteiger partial charge >= 0.3 is 0 Å². The smallest absolute Gasteiger partial charge is 0.248 e. The molecule has 0 aliphatic heterocycles. The molecule has 0 saturated carbocycles. The van der Waals surface area contributed by atoms with Crippen molar-refractivity contribution in [2.75, 3.05) is 29.5 Å². The first-order chi connectivity index (χ1) is 16.9. The van der Waals surface area contributed by atoms with Gasteiger partial charge in [0.25, 0.3) is 0 Å². The molecule has 0 aliphatic rings. The molecule has 0 spiro atoms. The van der Waals surface area contributed by atoms with Gasteiger partial charge in [0.1, 0.15) is 5.82 Å². The van der Waals surface area contributed by atoms with Crippen LogP contribution < -0.4 is 27.0 Å². The van der Waals surface area contributed by atoms with Gasteiger partial charge in [0.05, 0.1) is 6.04 Å². The number of nitrogens with one attached hydrogen (secondary N) is 4. The summed E-state index contributed by atoms with van der Waals surface area (Å²) in [6.07, 6.45) is 4.31. The number of aromatic nitrogens is 2. The number of amides is 2. The molecule has 3 rings (SSSR count). The summed E-state index contributed by atoms with van der Waals surface area (Å²) in [4.78, 5) is 32.6. The summed E-state index contributed by atoms with van der Waals surface area (Å²) in [5.74, 6) is 0.702. The van der Waals surface area contributed by atoms with E-state index in [1.807, 2.05) is 37.4 Å². The Balaban J connectivity index is 1.70. The Labute approximate surface area is 205 Å². The molecule has 0 fully saturated rings. The van der Waals surface area contributed by atoms with Crippen LogP contribution in [0.3, 0.4) is 0 Å². The van der Waals surface area contributed by atoms with E-state index in [1.54, 1.807) is 31.3 Å². The molecule has 6 N–H and O–H groups in total. The number of rotatable bonds is 12. The number of nitrogens with two attached hydrogens (primary N) is 1. The van der Waals surface area contributed by atoms with Crippen LogP contribution in [0.15, 0.2) is 54.7 Å². The Morgan fingerprint density at radius 2 is 1.83 bits per heavy atom. The molecule has 1 heterocycles. The number of hydrogen-bond donors (Lipinski definition) is 5. The van der Waals surface area contributed by atoms with E-state index in [-0.39, 0.29) is 11.9 Å². The normalized spacial score (nSPS) is 11.5. The van der Waals surface area contributed by atoms with Gasteiger partial charge in [-0.2, -0.15) is 4.98 Å². The fourth-order valence-electron chi connectivity index (χ4n) is 3.36. The molecule has 0 saturated heterocycles. The Hall–Kier alpha value is -3.98. The lowest BCUT2D eigenvalue weighted by Crippen LogP contribution is -2.35. The second-order valence-electron chi connectivity index (χ2n) is 8.26. The first-order valence-corrected chi connectivity index (χ1v) is 11.7. The summed E-state index contributed by atoms with van der Waals surface area (Å²) in [6.45, 7) is 4.71. The van der Waals surface area contributed by atoms with Gasteiger partial charge in [-0.15, -0.1) is 0 Å². The van der Waals surface area contributed by atoms with Crippen molar-refractivity contribution < 1.29 is 9.59 Å². The summed E-state index contributed by atoms with van der Waals surface area (Å²) < 4.78 is 0. The minimum absolute atomic E-state index is 0.0727. The van der Waals surface area contributed by atoms with E-state index in [1.165, 1.54) is 0 Å². The highest BCUT2D eigenvalue weighted by molar-refractivity contribution is 5.94. The van der Waals surface area contributed by atoms with Gasteiger partial charge < -0.3 is 27.0 Å². The largest absolute Gasteiger partial charge is 0.370 e. The minimum atomic E-state index is -0.469. The van der Waals surface area contributed by atoms with Crippen molar-refractivity contribution in [3.8, 4) is 0 Å². The molecule has 0 bridgehead atoms. The third kappa shape index (κ3) is 7.51. The van der Waals surface area contributed by atoms with Crippen molar-refractivity contribution in [3.05, 3.63) is 71.4 Å². The average Bonchev–Trinajstić information content (AvgIpc) is 2.86. The molecule has 3 aromatic rings. The molecular weight excluding hydrogens is 442 g/mol. The third-order valence-electron chi connectivity index (χ3n) is 5.54. The fourth-order valence-corrected chi connectivity index (χ4v) is 3.36. The number of likely N-dealkylation sites (N-methyl/N-ethyl adjacent to an activating group) is 1. The summed E-state index contributed by atoms with van der Waals surface area (Å²) in [7, 11) is 1.76. The molecule has 1 aromatic heterocycles. The van der Waals surface area contributed by atoms with E-state index >= 15 is 0 Å². The molecule has 1 atom stereocenters. The number of anilines is 4. The Kier molecular flexibility index (Phi) is 9.14. The standard InChI is InChI=1S/C26H33N7O2/c1-4-14-29-24-20(9-8-18-6-5-7-22(15-18)31-25(35)17(2)28-3)16-30-26(33-24)32-21-12-10-19(11-13-21)23(27)34/h5-7,10-13,15-17,28H,4,8-9,14H2,1-3H3,(H2,27,34)(H,31,35)(H2,29,30,32,33)/t17-/m0/s1. The molecule has 0 aliphatic carbocycles. The van der Waals surface area contributed by atoms with E-state index in [2.05, 4.69) is 38.2 Å². The summed E-state index contributed by atoms with van der Waals surface area (Å²) in [5.41, 5.74) is 9.40. The second-order valence-corrected chi connectivity index (χ2v) is 8.26. The lowest BCUT2D eigenvalue weighted by atomic mass is 10.1. The van der Waals surface area contributed by atoms with Gasteiger partial charge in [-0.25, -0.2) is 4.98 Å². The maximum Gasteiger partial charge on any atom is 0.248 e. The maximum atomic E-state index is 12.2. The van der Waals surface area contributed by atoms with Crippen molar-refractivity contribution in [3.63, 3.8) is 0 Å².